The lowest BCUT2D eigenvalue weighted by atomic mass is 10.0. The first-order valence-corrected chi connectivity index (χ1v) is 8.50. The van der Waals surface area contributed by atoms with Gasteiger partial charge in [0.05, 0.1) is 6.20 Å². The van der Waals surface area contributed by atoms with Crippen molar-refractivity contribution in [1.29, 1.82) is 0 Å². The molecule has 1 saturated heterocycles. The molecule has 4 rings (SSSR count). The summed E-state index contributed by atoms with van der Waals surface area (Å²) in [6.07, 6.45) is 6.04. The first-order valence-electron chi connectivity index (χ1n) is 8.12. The Labute approximate surface area is 150 Å². The Balaban J connectivity index is 1.56. The normalized spacial score (nSPS) is 17.0. The zero-order valence-electron chi connectivity index (χ0n) is 13.4. The lowest BCUT2D eigenvalue weighted by Gasteiger charge is -2.16. The van der Waals surface area contributed by atoms with Crippen molar-refractivity contribution in [2.75, 3.05) is 13.1 Å². The van der Waals surface area contributed by atoms with E-state index in [-0.39, 0.29) is 5.91 Å². The number of hydrogen-bond acceptors (Lipinski definition) is 4. The summed E-state index contributed by atoms with van der Waals surface area (Å²) in [6, 6.07) is 11.2. The summed E-state index contributed by atoms with van der Waals surface area (Å²) in [5, 5.41) is 4.41. The molecular weight excluding hydrogens is 338 g/mol. The zero-order chi connectivity index (χ0) is 17.2. The van der Waals surface area contributed by atoms with E-state index in [2.05, 4.69) is 16.2 Å². The molecule has 0 bridgehead atoms. The number of carbonyl (C=O) groups is 1. The highest BCUT2D eigenvalue weighted by molar-refractivity contribution is 6.30. The van der Waals surface area contributed by atoms with Crippen LogP contribution in [-0.4, -0.2) is 34.0 Å². The van der Waals surface area contributed by atoms with Gasteiger partial charge in [0, 0.05) is 42.0 Å². The van der Waals surface area contributed by atoms with E-state index in [1.54, 1.807) is 18.3 Å². The monoisotopic (exact) mass is 353 g/mol. The van der Waals surface area contributed by atoms with E-state index in [1.165, 1.54) is 6.20 Å². The van der Waals surface area contributed by atoms with Crippen molar-refractivity contribution < 1.29 is 9.32 Å². The minimum atomic E-state index is -0.0670. The van der Waals surface area contributed by atoms with E-state index in [9.17, 15) is 4.79 Å². The second-order valence-electron chi connectivity index (χ2n) is 6.10. The molecule has 0 N–H and O–H groups in total. The van der Waals surface area contributed by atoms with E-state index in [1.807, 2.05) is 29.3 Å². The number of nitrogens with zero attached hydrogens (tertiary/aromatic N) is 3. The van der Waals surface area contributed by atoms with Gasteiger partial charge in [0.25, 0.3) is 5.91 Å². The molecule has 1 aliphatic rings. The Hall–Kier alpha value is -2.66. The van der Waals surface area contributed by atoms with Gasteiger partial charge in [-0.25, -0.2) is 0 Å². The third-order valence-corrected chi connectivity index (χ3v) is 4.75. The molecule has 3 aromatic rings. The van der Waals surface area contributed by atoms with Gasteiger partial charge in [-0.3, -0.25) is 9.78 Å². The van der Waals surface area contributed by atoms with Crippen LogP contribution < -0.4 is 0 Å². The van der Waals surface area contributed by atoms with E-state index in [4.69, 9.17) is 16.1 Å². The van der Waals surface area contributed by atoms with Gasteiger partial charge >= 0.3 is 0 Å². The molecule has 6 heteroatoms. The average Bonchev–Trinajstić information content (AvgIpc) is 3.32. The predicted molar refractivity (Wildman–Crippen MR) is 94.4 cm³/mol. The molecule has 2 aromatic heterocycles. The van der Waals surface area contributed by atoms with Crippen LogP contribution in [0.5, 0.6) is 0 Å². The van der Waals surface area contributed by atoms with Crippen molar-refractivity contribution in [2.24, 2.45) is 0 Å². The molecule has 25 heavy (non-hydrogen) atoms. The van der Waals surface area contributed by atoms with Gasteiger partial charge in [-0.2, -0.15) is 0 Å². The quantitative estimate of drug-likeness (QED) is 0.713. The summed E-state index contributed by atoms with van der Waals surface area (Å²) in [5.41, 5.74) is 2.38. The molecule has 5 nitrogen and oxygen atoms in total. The van der Waals surface area contributed by atoms with E-state index in [0.29, 0.717) is 35.4 Å². The predicted octanol–water partition coefficient (Wildman–Crippen LogP) is 4.02. The maximum absolute atomic E-state index is 12.9. The second-order valence-corrected chi connectivity index (χ2v) is 6.54. The molecule has 1 atom stereocenters. The fraction of sp³-hybridized carbons (Fsp3) is 0.211. The topological polar surface area (TPSA) is 59.2 Å². The number of pyridine rings is 1. The van der Waals surface area contributed by atoms with Crippen LogP contribution in [0.2, 0.25) is 5.02 Å². The molecular formula is C19H16ClN3O2. The zero-order valence-corrected chi connectivity index (χ0v) is 14.2. The molecule has 0 saturated carbocycles. The third kappa shape index (κ3) is 3.15. The van der Waals surface area contributed by atoms with Crippen molar-refractivity contribution in [3.05, 3.63) is 71.1 Å². The van der Waals surface area contributed by atoms with Crippen molar-refractivity contribution in [1.82, 2.24) is 15.0 Å². The van der Waals surface area contributed by atoms with Crippen LogP contribution in [0.1, 0.15) is 28.3 Å². The largest absolute Gasteiger partial charge is 0.355 e. The summed E-state index contributed by atoms with van der Waals surface area (Å²) in [6.45, 7) is 1.38. The van der Waals surface area contributed by atoms with Gasteiger partial charge in [-0.05, 0) is 30.2 Å². The average molecular weight is 354 g/mol. The second kappa shape index (κ2) is 6.69. The highest BCUT2D eigenvalue weighted by atomic mass is 35.5. The van der Waals surface area contributed by atoms with Gasteiger partial charge in [0.2, 0.25) is 0 Å². The number of aromatic nitrogens is 2. The lowest BCUT2D eigenvalue weighted by molar-refractivity contribution is 0.0791. The number of benzene rings is 1. The smallest absolute Gasteiger partial charge is 0.259 e. The Morgan fingerprint density at radius 3 is 2.96 bits per heavy atom. The van der Waals surface area contributed by atoms with Crippen LogP contribution in [0.15, 0.2) is 59.5 Å². The molecule has 0 spiro atoms. The number of hydrogen-bond donors (Lipinski definition) is 0. The Morgan fingerprint density at radius 1 is 1.24 bits per heavy atom. The molecule has 0 radical (unpaired) electrons. The summed E-state index contributed by atoms with van der Waals surface area (Å²) in [5.74, 6) is 0.701. The number of rotatable bonds is 3. The van der Waals surface area contributed by atoms with Crippen LogP contribution in [-0.2, 0) is 0 Å². The number of likely N-dealkylation sites (tertiary alicyclic amines) is 1. The SMILES string of the molecule is O=C(c1cnoc1-c1cccc(Cl)c1)N1CC[C@@H](c2cccnc2)C1. The van der Waals surface area contributed by atoms with Crippen LogP contribution in [0.4, 0.5) is 0 Å². The first-order chi connectivity index (χ1) is 12.2. The van der Waals surface area contributed by atoms with Crippen LogP contribution in [0.3, 0.4) is 0 Å². The van der Waals surface area contributed by atoms with E-state index in [0.717, 1.165) is 17.5 Å². The number of carbonyl (C=O) groups excluding carboxylic acids is 1. The van der Waals surface area contributed by atoms with Crippen molar-refractivity contribution >= 4 is 17.5 Å². The third-order valence-electron chi connectivity index (χ3n) is 4.52. The summed E-state index contributed by atoms with van der Waals surface area (Å²) in [7, 11) is 0. The van der Waals surface area contributed by atoms with Gasteiger partial charge in [-0.15, -0.1) is 0 Å². The maximum Gasteiger partial charge on any atom is 0.259 e. The Bertz CT molecular complexity index is 894. The van der Waals surface area contributed by atoms with Gasteiger partial charge in [-0.1, -0.05) is 35.0 Å². The highest BCUT2D eigenvalue weighted by Crippen LogP contribution is 2.31. The summed E-state index contributed by atoms with van der Waals surface area (Å²) < 4.78 is 5.33. The van der Waals surface area contributed by atoms with Crippen molar-refractivity contribution in [2.45, 2.75) is 12.3 Å². The molecule has 1 amide bonds. The van der Waals surface area contributed by atoms with Gasteiger partial charge in [0.15, 0.2) is 5.76 Å². The fourth-order valence-electron chi connectivity index (χ4n) is 3.23. The standard InChI is InChI=1S/C19H16ClN3O2/c20-16-5-1-3-13(9-16)18-17(11-22-25-18)19(24)23-8-6-15(12-23)14-4-2-7-21-10-14/h1-5,7,9-11,15H,6,8,12H2/t15-/m1/s1. The lowest BCUT2D eigenvalue weighted by Crippen LogP contribution is -2.28. The van der Waals surface area contributed by atoms with Crippen molar-refractivity contribution in [3.63, 3.8) is 0 Å². The number of halogens is 1. The van der Waals surface area contributed by atoms with Crippen LogP contribution in [0, 0.1) is 0 Å². The fourth-order valence-corrected chi connectivity index (χ4v) is 3.42. The van der Waals surface area contributed by atoms with Gasteiger partial charge in [0.1, 0.15) is 5.56 Å². The van der Waals surface area contributed by atoms with Crippen LogP contribution in [0.25, 0.3) is 11.3 Å². The molecule has 0 unspecified atom stereocenters. The van der Waals surface area contributed by atoms with Gasteiger partial charge < -0.3 is 9.42 Å². The molecule has 0 aliphatic carbocycles. The number of amides is 1. The maximum atomic E-state index is 12.9. The van der Waals surface area contributed by atoms with Crippen LogP contribution >= 0.6 is 11.6 Å². The molecule has 1 aliphatic heterocycles. The molecule has 1 aromatic carbocycles. The highest BCUT2D eigenvalue weighted by Gasteiger charge is 2.30. The Morgan fingerprint density at radius 2 is 2.16 bits per heavy atom. The van der Waals surface area contributed by atoms with E-state index < -0.39 is 0 Å². The van der Waals surface area contributed by atoms with Crippen molar-refractivity contribution in [3.8, 4) is 11.3 Å². The Kier molecular flexibility index (Phi) is 4.24. The summed E-state index contributed by atoms with van der Waals surface area (Å²) in [4.78, 5) is 19.0. The minimum absolute atomic E-state index is 0.0670. The molecule has 1 fully saturated rings. The first kappa shape index (κ1) is 15.8. The minimum Gasteiger partial charge on any atom is -0.355 e. The molecule has 126 valence electrons. The van der Waals surface area contributed by atoms with E-state index >= 15 is 0 Å². The summed E-state index contributed by atoms with van der Waals surface area (Å²) >= 11 is 6.04. The molecule has 3 heterocycles.